The van der Waals surface area contributed by atoms with E-state index >= 15 is 0 Å². The SMILES string of the molecule is CC(C)[C@H](C(=O)N(CCCl)Cc1ccccc1)N(C(=O)O)C(C)(C)C. The molecule has 6 heteroatoms. The lowest BCUT2D eigenvalue weighted by atomic mass is 9.95. The molecule has 0 aliphatic carbocycles. The van der Waals surface area contributed by atoms with Gasteiger partial charge in [-0.05, 0) is 32.3 Å². The molecule has 0 aliphatic rings. The average Bonchev–Trinajstić information content (AvgIpc) is 2.50. The van der Waals surface area contributed by atoms with Crippen LogP contribution in [-0.2, 0) is 11.3 Å². The summed E-state index contributed by atoms with van der Waals surface area (Å²) in [5.41, 5.74) is 0.302. The zero-order chi connectivity index (χ0) is 19.2. The van der Waals surface area contributed by atoms with Gasteiger partial charge in [-0.25, -0.2) is 4.79 Å². The molecule has 0 aromatic heterocycles. The highest BCUT2D eigenvalue weighted by Gasteiger charge is 2.40. The normalized spacial score (nSPS) is 12.8. The summed E-state index contributed by atoms with van der Waals surface area (Å²) in [4.78, 5) is 28.0. The third-order valence-electron chi connectivity index (χ3n) is 3.97. The van der Waals surface area contributed by atoms with Crippen LogP contribution in [-0.4, -0.2) is 50.9 Å². The molecule has 0 bridgehead atoms. The largest absolute Gasteiger partial charge is 0.465 e. The standard InChI is InChI=1S/C19H29ClN2O3/c1-14(2)16(22(18(24)25)19(3,4)5)17(23)21(12-11-20)13-15-9-7-6-8-10-15/h6-10,14,16H,11-13H2,1-5H3,(H,24,25)/t16-/m1/s1. The van der Waals surface area contributed by atoms with Crippen LogP contribution in [0.4, 0.5) is 4.79 Å². The lowest BCUT2D eigenvalue weighted by Gasteiger charge is -2.42. The maximum absolute atomic E-state index is 13.2. The van der Waals surface area contributed by atoms with E-state index in [1.54, 1.807) is 25.7 Å². The van der Waals surface area contributed by atoms with Crippen molar-refractivity contribution in [1.82, 2.24) is 9.80 Å². The molecule has 1 aromatic carbocycles. The van der Waals surface area contributed by atoms with Crippen molar-refractivity contribution in [2.24, 2.45) is 5.92 Å². The van der Waals surface area contributed by atoms with Crippen molar-refractivity contribution in [1.29, 1.82) is 0 Å². The Bertz CT molecular complexity index is 570. The summed E-state index contributed by atoms with van der Waals surface area (Å²) >= 11 is 5.90. The quantitative estimate of drug-likeness (QED) is 0.738. The van der Waals surface area contributed by atoms with Gasteiger partial charge in [0.2, 0.25) is 5.91 Å². The highest BCUT2D eigenvalue weighted by atomic mass is 35.5. The average molecular weight is 369 g/mol. The Labute approximate surface area is 155 Å². The van der Waals surface area contributed by atoms with E-state index in [-0.39, 0.29) is 11.8 Å². The highest BCUT2D eigenvalue weighted by molar-refractivity contribution is 6.18. The monoisotopic (exact) mass is 368 g/mol. The van der Waals surface area contributed by atoms with E-state index in [9.17, 15) is 14.7 Å². The summed E-state index contributed by atoms with van der Waals surface area (Å²) in [6, 6.07) is 8.87. The van der Waals surface area contributed by atoms with Crippen molar-refractivity contribution in [2.45, 2.75) is 52.7 Å². The van der Waals surface area contributed by atoms with Crippen molar-refractivity contribution in [2.75, 3.05) is 12.4 Å². The summed E-state index contributed by atoms with van der Waals surface area (Å²) in [5.74, 6) is -0.0698. The van der Waals surface area contributed by atoms with Gasteiger partial charge in [0.05, 0.1) is 0 Å². The van der Waals surface area contributed by atoms with Gasteiger partial charge >= 0.3 is 6.09 Å². The summed E-state index contributed by atoms with van der Waals surface area (Å²) in [7, 11) is 0. The van der Waals surface area contributed by atoms with Gasteiger partial charge in [0.15, 0.2) is 0 Å². The number of rotatable bonds is 7. The van der Waals surface area contributed by atoms with E-state index in [1.165, 1.54) is 4.90 Å². The molecule has 1 N–H and O–H groups in total. The van der Waals surface area contributed by atoms with Gasteiger partial charge in [-0.1, -0.05) is 44.2 Å². The third-order valence-corrected chi connectivity index (χ3v) is 4.14. The lowest BCUT2D eigenvalue weighted by molar-refractivity contribution is -0.140. The second-order valence-electron chi connectivity index (χ2n) is 7.45. The molecule has 0 fully saturated rings. The van der Waals surface area contributed by atoms with Crippen LogP contribution in [0.1, 0.15) is 40.2 Å². The molecule has 0 spiro atoms. The minimum Gasteiger partial charge on any atom is -0.465 e. The molecular weight excluding hydrogens is 340 g/mol. The molecule has 25 heavy (non-hydrogen) atoms. The minimum absolute atomic E-state index is 0.156. The zero-order valence-corrected chi connectivity index (χ0v) is 16.5. The lowest BCUT2D eigenvalue weighted by Crippen LogP contribution is -2.59. The van der Waals surface area contributed by atoms with Crippen molar-refractivity contribution < 1.29 is 14.7 Å². The van der Waals surface area contributed by atoms with Gasteiger partial charge in [-0.3, -0.25) is 9.69 Å². The topological polar surface area (TPSA) is 60.9 Å². The van der Waals surface area contributed by atoms with E-state index < -0.39 is 17.7 Å². The molecule has 2 amide bonds. The number of halogens is 1. The zero-order valence-electron chi connectivity index (χ0n) is 15.7. The molecular formula is C19H29ClN2O3. The molecule has 0 radical (unpaired) electrons. The fourth-order valence-corrected chi connectivity index (χ4v) is 3.08. The van der Waals surface area contributed by atoms with Gasteiger partial charge < -0.3 is 10.0 Å². The van der Waals surface area contributed by atoms with Gasteiger partial charge in [0, 0.05) is 24.5 Å². The number of hydrogen-bond acceptors (Lipinski definition) is 2. The first-order valence-corrected chi connectivity index (χ1v) is 9.04. The Hall–Kier alpha value is -1.75. The number of carbonyl (C=O) groups excluding carboxylic acids is 1. The van der Waals surface area contributed by atoms with Crippen molar-refractivity contribution in [3.63, 3.8) is 0 Å². The number of nitrogens with zero attached hydrogens (tertiary/aromatic N) is 2. The van der Waals surface area contributed by atoms with E-state index in [0.717, 1.165) is 5.56 Å². The predicted molar refractivity (Wildman–Crippen MR) is 101 cm³/mol. The van der Waals surface area contributed by atoms with Crippen LogP contribution < -0.4 is 0 Å². The molecule has 0 saturated carbocycles. The minimum atomic E-state index is -1.09. The Morgan fingerprint density at radius 1 is 1.16 bits per heavy atom. The van der Waals surface area contributed by atoms with E-state index in [2.05, 4.69) is 0 Å². The molecule has 140 valence electrons. The fraction of sp³-hybridized carbons (Fsp3) is 0.579. The molecule has 5 nitrogen and oxygen atoms in total. The summed E-state index contributed by atoms with van der Waals surface area (Å²) < 4.78 is 0. The fourth-order valence-electron chi connectivity index (χ4n) is 2.88. The molecule has 0 unspecified atom stereocenters. The third kappa shape index (κ3) is 5.92. The number of alkyl halides is 1. The molecule has 1 atom stereocenters. The number of hydrogen-bond donors (Lipinski definition) is 1. The van der Waals surface area contributed by atoms with Crippen LogP contribution in [0, 0.1) is 5.92 Å². The maximum atomic E-state index is 13.2. The molecule has 0 aliphatic heterocycles. The smallest absolute Gasteiger partial charge is 0.408 e. The second kappa shape index (κ2) is 9.09. The second-order valence-corrected chi connectivity index (χ2v) is 7.82. The van der Waals surface area contributed by atoms with Crippen LogP contribution in [0.25, 0.3) is 0 Å². The van der Waals surface area contributed by atoms with Crippen LogP contribution in [0.3, 0.4) is 0 Å². The molecule has 0 heterocycles. The Balaban J connectivity index is 3.17. The first-order chi connectivity index (χ1) is 11.6. The van der Waals surface area contributed by atoms with Crippen LogP contribution in [0.2, 0.25) is 0 Å². The molecule has 0 saturated heterocycles. The van der Waals surface area contributed by atoms with Crippen LogP contribution in [0.5, 0.6) is 0 Å². The highest BCUT2D eigenvalue weighted by Crippen LogP contribution is 2.24. The number of carboxylic acid groups (broad SMARTS) is 1. The van der Waals surface area contributed by atoms with Gasteiger partial charge in [-0.15, -0.1) is 11.6 Å². The van der Waals surface area contributed by atoms with Gasteiger partial charge in [0.25, 0.3) is 0 Å². The molecule has 1 aromatic rings. The van der Waals surface area contributed by atoms with Crippen molar-refractivity contribution in [3.8, 4) is 0 Å². The summed E-state index contributed by atoms with van der Waals surface area (Å²) in [6.07, 6.45) is -1.09. The maximum Gasteiger partial charge on any atom is 0.408 e. The van der Waals surface area contributed by atoms with Crippen LogP contribution >= 0.6 is 11.6 Å². The van der Waals surface area contributed by atoms with Crippen molar-refractivity contribution in [3.05, 3.63) is 35.9 Å². The van der Waals surface area contributed by atoms with Crippen LogP contribution in [0.15, 0.2) is 30.3 Å². The van der Waals surface area contributed by atoms with E-state index in [0.29, 0.717) is 19.0 Å². The number of carbonyl (C=O) groups is 2. The van der Waals surface area contributed by atoms with Gasteiger partial charge in [0.1, 0.15) is 6.04 Å². The Kier molecular flexibility index (Phi) is 7.74. The summed E-state index contributed by atoms with van der Waals surface area (Å²) in [5, 5.41) is 9.71. The Morgan fingerprint density at radius 3 is 2.12 bits per heavy atom. The van der Waals surface area contributed by atoms with E-state index in [4.69, 9.17) is 11.6 Å². The Morgan fingerprint density at radius 2 is 1.72 bits per heavy atom. The van der Waals surface area contributed by atoms with Gasteiger partial charge in [-0.2, -0.15) is 0 Å². The number of benzene rings is 1. The number of amides is 2. The van der Waals surface area contributed by atoms with E-state index in [1.807, 2.05) is 44.2 Å². The predicted octanol–water partition coefficient (Wildman–Crippen LogP) is 4.06. The first kappa shape index (κ1) is 21.3. The first-order valence-electron chi connectivity index (χ1n) is 8.50. The van der Waals surface area contributed by atoms with Crippen molar-refractivity contribution >= 4 is 23.6 Å². The summed E-state index contributed by atoms with van der Waals surface area (Å²) in [6.45, 7) is 9.91. The molecule has 1 rings (SSSR count).